The Bertz CT molecular complexity index is 493. The van der Waals surface area contributed by atoms with Gasteiger partial charge in [-0.3, -0.25) is 4.79 Å². The SMILES string of the molecule is CCCCOc1ccccc1C(=O)NC(CCSC)C(=O)O. The van der Waals surface area contributed by atoms with Crippen LogP contribution in [-0.2, 0) is 4.79 Å². The number of unbranched alkanes of at least 4 members (excludes halogenated alkanes) is 1. The number of benzene rings is 1. The third-order valence-electron chi connectivity index (χ3n) is 3.10. The molecule has 0 fully saturated rings. The van der Waals surface area contributed by atoms with Gasteiger partial charge in [0.25, 0.3) is 5.91 Å². The van der Waals surface area contributed by atoms with Gasteiger partial charge in [0, 0.05) is 0 Å². The van der Waals surface area contributed by atoms with Crippen molar-refractivity contribution in [2.75, 3.05) is 18.6 Å². The first-order chi connectivity index (χ1) is 10.6. The zero-order valence-electron chi connectivity index (χ0n) is 13.0. The molecule has 5 nitrogen and oxygen atoms in total. The molecule has 0 heterocycles. The summed E-state index contributed by atoms with van der Waals surface area (Å²) >= 11 is 1.55. The summed E-state index contributed by atoms with van der Waals surface area (Å²) in [6.07, 6.45) is 4.20. The number of carbonyl (C=O) groups is 2. The summed E-state index contributed by atoms with van der Waals surface area (Å²) in [4.78, 5) is 23.5. The summed E-state index contributed by atoms with van der Waals surface area (Å²) in [5, 5.41) is 11.7. The molecule has 1 unspecified atom stereocenters. The molecule has 22 heavy (non-hydrogen) atoms. The molecule has 1 amide bonds. The van der Waals surface area contributed by atoms with Gasteiger partial charge in [0.1, 0.15) is 11.8 Å². The van der Waals surface area contributed by atoms with Gasteiger partial charge in [0.2, 0.25) is 0 Å². The maximum Gasteiger partial charge on any atom is 0.326 e. The van der Waals surface area contributed by atoms with Crippen molar-refractivity contribution in [1.29, 1.82) is 0 Å². The Balaban J connectivity index is 2.76. The number of thioether (sulfide) groups is 1. The Morgan fingerprint density at radius 2 is 2.09 bits per heavy atom. The molecule has 1 aromatic rings. The number of hydrogen-bond donors (Lipinski definition) is 2. The highest BCUT2D eigenvalue weighted by Crippen LogP contribution is 2.18. The number of rotatable bonds is 10. The molecular weight excluding hydrogens is 302 g/mol. The molecule has 1 atom stereocenters. The molecule has 0 spiro atoms. The largest absolute Gasteiger partial charge is 0.493 e. The second-order valence-electron chi connectivity index (χ2n) is 4.84. The predicted molar refractivity (Wildman–Crippen MR) is 88.7 cm³/mol. The molecule has 0 saturated heterocycles. The van der Waals surface area contributed by atoms with E-state index in [1.54, 1.807) is 36.0 Å². The van der Waals surface area contributed by atoms with Crippen molar-refractivity contribution in [2.24, 2.45) is 0 Å². The average Bonchev–Trinajstić information content (AvgIpc) is 2.51. The normalized spacial score (nSPS) is 11.7. The third-order valence-corrected chi connectivity index (χ3v) is 3.75. The standard InChI is InChI=1S/C16H23NO4S/c1-3-4-10-21-14-8-6-5-7-12(14)15(18)17-13(16(19)20)9-11-22-2/h5-8,13H,3-4,9-11H2,1-2H3,(H,17,18)(H,19,20). The average molecular weight is 325 g/mol. The van der Waals surface area contributed by atoms with E-state index >= 15 is 0 Å². The van der Waals surface area contributed by atoms with Crippen LogP contribution in [0.1, 0.15) is 36.5 Å². The molecule has 122 valence electrons. The molecule has 0 saturated carbocycles. The summed E-state index contributed by atoms with van der Waals surface area (Å²) < 4.78 is 5.61. The number of nitrogens with one attached hydrogen (secondary N) is 1. The fourth-order valence-corrected chi connectivity index (χ4v) is 2.31. The Labute approximate surface area is 135 Å². The van der Waals surface area contributed by atoms with E-state index in [4.69, 9.17) is 4.74 Å². The molecule has 0 bridgehead atoms. The molecule has 0 radical (unpaired) electrons. The van der Waals surface area contributed by atoms with E-state index in [1.807, 2.05) is 6.26 Å². The van der Waals surface area contributed by atoms with Gasteiger partial charge >= 0.3 is 5.97 Å². The summed E-state index contributed by atoms with van der Waals surface area (Å²) in [7, 11) is 0. The van der Waals surface area contributed by atoms with Gasteiger partial charge in [-0.1, -0.05) is 25.5 Å². The molecule has 6 heteroatoms. The minimum Gasteiger partial charge on any atom is -0.493 e. The highest BCUT2D eigenvalue weighted by Gasteiger charge is 2.21. The summed E-state index contributed by atoms with van der Waals surface area (Å²) in [5.41, 5.74) is 0.369. The van der Waals surface area contributed by atoms with Gasteiger partial charge in [-0.25, -0.2) is 4.79 Å². The number of amides is 1. The number of aliphatic carboxylic acids is 1. The first kappa shape index (κ1) is 18.4. The maximum atomic E-state index is 12.3. The van der Waals surface area contributed by atoms with E-state index in [0.717, 1.165) is 12.8 Å². The second-order valence-corrected chi connectivity index (χ2v) is 5.83. The first-order valence-corrected chi connectivity index (χ1v) is 8.74. The van der Waals surface area contributed by atoms with Crippen molar-refractivity contribution in [3.8, 4) is 5.75 Å². The van der Waals surface area contributed by atoms with Crippen LogP contribution in [0.2, 0.25) is 0 Å². The quantitative estimate of drug-likeness (QED) is 0.647. The van der Waals surface area contributed by atoms with Crippen molar-refractivity contribution in [3.05, 3.63) is 29.8 Å². The van der Waals surface area contributed by atoms with Crippen LogP contribution in [-0.4, -0.2) is 41.6 Å². The number of carbonyl (C=O) groups excluding carboxylic acids is 1. The lowest BCUT2D eigenvalue weighted by molar-refractivity contribution is -0.139. The van der Waals surface area contributed by atoms with Crippen LogP contribution in [0.4, 0.5) is 0 Å². The third kappa shape index (κ3) is 5.97. The molecule has 0 aliphatic heterocycles. The minimum atomic E-state index is -1.02. The zero-order valence-corrected chi connectivity index (χ0v) is 13.8. The molecular formula is C16H23NO4S. The van der Waals surface area contributed by atoms with E-state index in [1.165, 1.54) is 0 Å². The van der Waals surface area contributed by atoms with Crippen molar-refractivity contribution in [2.45, 2.75) is 32.2 Å². The highest BCUT2D eigenvalue weighted by atomic mass is 32.2. The zero-order chi connectivity index (χ0) is 16.4. The number of hydrogen-bond acceptors (Lipinski definition) is 4. The van der Waals surface area contributed by atoms with Gasteiger partial charge in [-0.05, 0) is 37.0 Å². The van der Waals surface area contributed by atoms with Crippen LogP contribution in [0.3, 0.4) is 0 Å². The Morgan fingerprint density at radius 1 is 1.36 bits per heavy atom. The molecule has 1 rings (SSSR count). The van der Waals surface area contributed by atoms with Gasteiger partial charge in [-0.2, -0.15) is 11.8 Å². The van der Waals surface area contributed by atoms with E-state index < -0.39 is 17.9 Å². The molecule has 0 aliphatic rings. The van der Waals surface area contributed by atoms with Gasteiger partial charge in [-0.15, -0.1) is 0 Å². The van der Waals surface area contributed by atoms with Crippen LogP contribution >= 0.6 is 11.8 Å². The Kier molecular flexibility index (Phi) is 8.43. The fraction of sp³-hybridized carbons (Fsp3) is 0.500. The number of carboxylic acid groups (broad SMARTS) is 1. The van der Waals surface area contributed by atoms with E-state index in [0.29, 0.717) is 30.1 Å². The fourth-order valence-electron chi connectivity index (χ4n) is 1.84. The molecule has 1 aromatic carbocycles. The lowest BCUT2D eigenvalue weighted by atomic mass is 10.1. The van der Waals surface area contributed by atoms with Crippen LogP contribution < -0.4 is 10.1 Å². The number of carboxylic acids is 1. The van der Waals surface area contributed by atoms with Crippen LogP contribution in [0, 0.1) is 0 Å². The van der Waals surface area contributed by atoms with Crippen molar-refractivity contribution >= 4 is 23.6 Å². The number of para-hydroxylation sites is 1. The predicted octanol–water partition coefficient (Wildman–Crippen LogP) is 2.80. The second kappa shape index (κ2) is 10.1. The van der Waals surface area contributed by atoms with Gasteiger partial charge in [0.05, 0.1) is 12.2 Å². The van der Waals surface area contributed by atoms with E-state index in [-0.39, 0.29) is 0 Å². The maximum absolute atomic E-state index is 12.3. The van der Waals surface area contributed by atoms with Gasteiger partial charge in [0.15, 0.2) is 0 Å². The van der Waals surface area contributed by atoms with Crippen molar-refractivity contribution in [3.63, 3.8) is 0 Å². The topological polar surface area (TPSA) is 75.6 Å². The van der Waals surface area contributed by atoms with Crippen molar-refractivity contribution in [1.82, 2.24) is 5.32 Å². The van der Waals surface area contributed by atoms with Crippen LogP contribution in [0.15, 0.2) is 24.3 Å². The van der Waals surface area contributed by atoms with Crippen LogP contribution in [0.25, 0.3) is 0 Å². The van der Waals surface area contributed by atoms with Crippen molar-refractivity contribution < 1.29 is 19.4 Å². The smallest absolute Gasteiger partial charge is 0.326 e. The summed E-state index contributed by atoms with van der Waals surface area (Å²) in [6.45, 7) is 2.60. The van der Waals surface area contributed by atoms with Gasteiger partial charge < -0.3 is 15.2 Å². The summed E-state index contributed by atoms with van der Waals surface area (Å²) in [6, 6.07) is 6.01. The van der Waals surface area contributed by atoms with E-state index in [9.17, 15) is 14.7 Å². The van der Waals surface area contributed by atoms with Crippen LogP contribution in [0.5, 0.6) is 5.75 Å². The number of ether oxygens (including phenoxy) is 1. The minimum absolute atomic E-state index is 0.369. The molecule has 2 N–H and O–H groups in total. The lowest BCUT2D eigenvalue weighted by Gasteiger charge is -2.16. The highest BCUT2D eigenvalue weighted by molar-refractivity contribution is 7.98. The Morgan fingerprint density at radius 3 is 2.73 bits per heavy atom. The monoisotopic (exact) mass is 325 g/mol. The molecule has 0 aromatic heterocycles. The molecule has 0 aliphatic carbocycles. The van der Waals surface area contributed by atoms with E-state index in [2.05, 4.69) is 12.2 Å². The first-order valence-electron chi connectivity index (χ1n) is 7.34. The lowest BCUT2D eigenvalue weighted by Crippen LogP contribution is -2.41. The summed E-state index contributed by atoms with van der Waals surface area (Å²) in [5.74, 6) is -0.277. The Hall–Kier alpha value is -1.69.